The standard InChI is InChI=1S/C21H18N2O5S/c1-23-15-8-4-5-10-18(15)29-20(23)14(11-22)16(24)12-28-21(25)13-7-6-9-17(26-2)19(13)27-3/h4-10H,12H2,1-3H3/b20-14-. The minimum absolute atomic E-state index is 0.0564. The van der Waals surface area contributed by atoms with Gasteiger partial charge in [-0.3, -0.25) is 4.79 Å². The Hall–Kier alpha value is -3.44. The first-order valence-electron chi connectivity index (χ1n) is 8.58. The van der Waals surface area contributed by atoms with Crippen molar-refractivity contribution >= 4 is 29.2 Å². The third-order valence-corrected chi connectivity index (χ3v) is 5.54. The molecule has 3 rings (SSSR count). The molecule has 2 aromatic rings. The molecule has 0 amide bonds. The van der Waals surface area contributed by atoms with Gasteiger partial charge in [0.25, 0.3) is 0 Å². The molecule has 8 heteroatoms. The molecule has 0 bridgehead atoms. The highest BCUT2D eigenvalue weighted by Gasteiger charge is 2.28. The van der Waals surface area contributed by atoms with E-state index in [1.54, 1.807) is 24.1 Å². The van der Waals surface area contributed by atoms with Gasteiger partial charge in [0.2, 0.25) is 5.78 Å². The van der Waals surface area contributed by atoms with Crippen LogP contribution in [0.5, 0.6) is 11.5 Å². The Kier molecular flexibility index (Phi) is 6.10. The number of methoxy groups -OCH3 is 2. The average Bonchev–Trinajstić information content (AvgIpc) is 3.08. The molecule has 0 spiro atoms. The molecule has 7 nitrogen and oxygen atoms in total. The van der Waals surface area contributed by atoms with Gasteiger partial charge >= 0.3 is 5.97 Å². The lowest BCUT2D eigenvalue weighted by Crippen LogP contribution is -2.20. The summed E-state index contributed by atoms with van der Waals surface area (Å²) >= 11 is 1.33. The number of hydrogen-bond acceptors (Lipinski definition) is 8. The van der Waals surface area contributed by atoms with Crippen molar-refractivity contribution in [1.82, 2.24) is 0 Å². The van der Waals surface area contributed by atoms with Crippen LogP contribution < -0.4 is 14.4 Å². The number of nitriles is 1. The Morgan fingerprint density at radius 2 is 1.86 bits per heavy atom. The predicted octanol–water partition coefficient (Wildman–Crippen LogP) is 3.41. The highest BCUT2D eigenvalue weighted by atomic mass is 32.2. The van der Waals surface area contributed by atoms with E-state index < -0.39 is 18.4 Å². The van der Waals surface area contributed by atoms with Crippen LogP contribution in [0.15, 0.2) is 58.0 Å². The molecule has 0 atom stereocenters. The molecule has 148 valence electrons. The molecule has 1 aliphatic rings. The summed E-state index contributed by atoms with van der Waals surface area (Å²) in [6.07, 6.45) is 0. The van der Waals surface area contributed by atoms with Crippen LogP contribution in [0.4, 0.5) is 5.69 Å². The molecule has 29 heavy (non-hydrogen) atoms. The van der Waals surface area contributed by atoms with Crippen molar-refractivity contribution in [2.45, 2.75) is 4.90 Å². The van der Waals surface area contributed by atoms with Crippen molar-refractivity contribution in [2.24, 2.45) is 0 Å². The van der Waals surface area contributed by atoms with Crippen LogP contribution in [-0.4, -0.2) is 39.6 Å². The van der Waals surface area contributed by atoms with Crippen LogP contribution in [-0.2, 0) is 9.53 Å². The summed E-state index contributed by atoms with van der Waals surface area (Å²) in [5, 5.41) is 10.0. The predicted molar refractivity (Wildman–Crippen MR) is 108 cm³/mol. The zero-order chi connectivity index (χ0) is 21.0. The number of esters is 1. The number of benzene rings is 2. The van der Waals surface area contributed by atoms with Crippen LogP contribution in [0.3, 0.4) is 0 Å². The van der Waals surface area contributed by atoms with Gasteiger partial charge in [-0.25, -0.2) is 4.79 Å². The molecule has 0 saturated heterocycles. The average molecular weight is 410 g/mol. The van der Waals surface area contributed by atoms with Gasteiger partial charge in [-0.1, -0.05) is 30.0 Å². The van der Waals surface area contributed by atoms with Gasteiger partial charge in [0.05, 0.1) is 19.9 Å². The normalized spacial score (nSPS) is 13.9. The molecule has 1 aliphatic heterocycles. The van der Waals surface area contributed by atoms with Crippen molar-refractivity contribution in [2.75, 3.05) is 32.8 Å². The molecule has 0 aromatic heterocycles. The minimum atomic E-state index is -0.743. The third kappa shape index (κ3) is 3.91. The first kappa shape index (κ1) is 20.3. The van der Waals surface area contributed by atoms with Crippen LogP contribution in [0.2, 0.25) is 0 Å². The molecular formula is C21H18N2O5S. The van der Waals surface area contributed by atoms with Gasteiger partial charge in [0.1, 0.15) is 22.2 Å². The van der Waals surface area contributed by atoms with Crippen molar-refractivity contribution in [3.63, 3.8) is 0 Å². The number of carbonyl (C=O) groups is 2. The van der Waals surface area contributed by atoms with Crippen molar-refractivity contribution in [1.29, 1.82) is 5.26 Å². The van der Waals surface area contributed by atoms with E-state index in [9.17, 15) is 14.9 Å². The summed E-state index contributed by atoms with van der Waals surface area (Å²) in [6.45, 7) is -0.559. The maximum absolute atomic E-state index is 12.6. The maximum atomic E-state index is 12.6. The number of anilines is 1. The second-order valence-electron chi connectivity index (χ2n) is 5.96. The van der Waals surface area contributed by atoms with E-state index in [1.807, 2.05) is 30.3 Å². The second kappa shape index (κ2) is 8.71. The van der Waals surface area contributed by atoms with E-state index in [4.69, 9.17) is 14.2 Å². The Morgan fingerprint density at radius 1 is 1.10 bits per heavy atom. The van der Waals surface area contributed by atoms with Gasteiger partial charge in [0.15, 0.2) is 18.1 Å². The fraction of sp³-hybridized carbons (Fsp3) is 0.190. The van der Waals surface area contributed by atoms with Crippen molar-refractivity contribution in [3.8, 4) is 17.6 Å². The Labute approximate surface area is 172 Å². The molecule has 0 saturated carbocycles. The Balaban J connectivity index is 1.77. The smallest absolute Gasteiger partial charge is 0.342 e. The molecule has 0 N–H and O–H groups in total. The number of nitrogens with zero attached hydrogens (tertiary/aromatic N) is 2. The number of para-hydroxylation sites is 2. The number of rotatable bonds is 6. The largest absolute Gasteiger partial charge is 0.493 e. The Morgan fingerprint density at radius 3 is 2.52 bits per heavy atom. The molecule has 0 aliphatic carbocycles. The molecular weight excluding hydrogens is 392 g/mol. The van der Waals surface area contributed by atoms with Crippen LogP contribution in [0, 0.1) is 11.3 Å². The molecule has 2 aromatic carbocycles. The number of hydrogen-bond donors (Lipinski definition) is 0. The van der Waals surface area contributed by atoms with Crippen LogP contribution in [0.25, 0.3) is 0 Å². The number of thioether (sulfide) groups is 1. The number of ketones is 1. The number of fused-ring (bicyclic) bond motifs is 1. The second-order valence-corrected chi connectivity index (χ2v) is 6.99. The van der Waals surface area contributed by atoms with E-state index in [0.717, 1.165) is 10.6 Å². The number of ether oxygens (including phenoxy) is 3. The first-order valence-corrected chi connectivity index (χ1v) is 9.39. The summed E-state index contributed by atoms with van der Waals surface area (Å²) in [7, 11) is 4.64. The van der Waals surface area contributed by atoms with Crippen molar-refractivity contribution < 1.29 is 23.8 Å². The fourth-order valence-electron chi connectivity index (χ4n) is 2.88. The van der Waals surface area contributed by atoms with Crippen molar-refractivity contribution in [3.05, 3.63) is 58.6 Å². The lowest BCUT2D eigenvalue weighted by atomic mass is 10.2. The highest BCUT2D eigenvalue weighted by Crippen LogP contribution is 2.46. The van der Waals surface area contributed by atoms with E-state index in [0.29, 0.717) is 10.8 Å². The van der Waals surface area contributed by atoms with Gasteiger partial charge in [-0.05, 0) is 24.3 Å². The van der Waals surface area contributed by atoms with E-state index in [2.05, 4.69) is 0 Å². The SMILES string of the molecule is COc1cccc(C(=O)OCC(=O)/C(C#N)=C2\Sc3ccccc3N2C)c1OC. The summed E-state index contributed by atoms with van der Waals surface area (Å²) in [5.41, 5.74) is 0.982. The number of carbonyl (C=O) groups excluding carboxylic acids is 2. The highest BCUT2D eigenvalue weighted by molar-refractivity contribution is 8.03. The monoisotopic (exact) mass is 410 g/mol. The lowest BCUT2D eigenvalue weighted by molar-refractivity contribution is -0.118. The zero-order valence-corrected chi connectivity index (χ0v) is 16.9. The minimum Gasteiger partial charge on any atom is -0.493 e. The van der Waals surface area contributed by atoms with E-state index >= 15 is 0 Å². The summed E-state index contributed by atoms with van der Waals surface area (Å²) in [4.78, 5) is 27.8. The zero-order valence-electron chi connectivity index (χ0n) is 16.1. The topological polar surface area (TPSA) is 88.9 Å². The maximum Gasteiger partial charge on any atom is 0.342 e. The Bertz CT molecular complexity index is 1040. The first-order chi connectivity index (χ1) is 14.0. The molecule has 1 heterocycles. The van der Waals surface area contributed by atoms with Crippen LogP contribution >= 0.6 is 11.8 Å². The summed E-state index contributed by atoms with van der Waals surface area (Å²) in [6, 6.07) is 14.3. The van der Waals surface area contributed by atoms with Gasteiger partial charge in [0, 0.05) is 11.9 Å². The summed E-state index contributed by atoms with van der Waals surface area (Å²) < 4.78 is 15.5. The van der Waals surface area contributed by atoms with Gasteiger partial charge in [-0.15, -0.1) is 0 Å². The van der Waals surface area contributed by atoms with Crippen LogP contribution in [0.1, 0.15) is 10.4 Å². The summed E-state index contributed by atoms with van der Waals surface area (Å²) in [5.74, 6) is -0.736. The molecule has 0 fully saturated rings. The number of Topliss-reactive ketones (excluding diaryl/α,β-unsaturated/α-hetero) is 1. The molecule has 0 radical (unpaired) electrons. The lowest BCUT2D eigenvalue weighted by Gasteiger charge is -2.15. The van der Waals surface area contributed by atoms with E-state index in [-0.39, 0.29) is 16.9 Å². The third-order valence-electron chi connectivity index (χ3n) is 4.30. The van der Waals surface area contributed by atoms with E-state index in [1.165, 1.54) is 32.0 Å². The van der Waals surface area contributed by atoms with Gasteiger partial charge < -0.3 is 19.1 Å². The molecule has 0 unspecified atom stereocenters. The fourth-order valence-corrected chi connectivity index (χ4v) is 4.04. The quantitative estimate of drug-likeness (QED) is 0.407. The van der Waals surface area contributed by atoms with Gasteiger partial charge in [-0.2, -0.15) is 5.26 Å².